The molecule has 1 aliphatic heterocycles. The van der Waals surface area contributed by atoms with Crippen LogP contribution in [0.25, 0.3) is 16.6 Å². The number of carbonyl (C=O) groups is 1. The Labute approximate surface area is 189 Å². The number of benzene rings is 2. The van der Waals surface area contributed by atoms with Crippen LogP contribution in [0.3, 0.4) is 0 Å². The Kier molecular flexibility index (Phi) is 5.16. The molecule has 3 heterocycles. The van der Waals surface area contributed by atoms with Gasteiger partial charge in [0.15, 0.2) is 5.65 Å². The first kappa shape index (κ1) is 20.0. The maximum absolute atomic E-state index is 13.0. The standard InChI is InChI=1S/C22H20Cl2N6O/c1-14-26-27-20-18-8-7-17(24)13-19(18)25-22(30(14)20)29-10-2-9-28(11-12-29)21(31)15-3-5-16(23)6-4-15/h3-8,13H,2,9-12H2,1H3. The van der Waals surface area contributed by atoms with Gasteiger partial charge in [0, 0.05) is 47.2 Å². The van der Waals surface area contributed by atoms with Crippen molar-refractivity contribution < 1.29 is 4.79 Å². The van der Waals surface area contributed by atoms with Gasteiger partial charge in [-0.3, -0.25) is 4.79 Å². The molecule has 1 saturated heterocycles. The van der Waals surface area contributed by atoms with Crippen LogP contribution in [0.2, 0.25) is 10.0 Å². The van der Waals surface area contributed by atoms with E-state index < -0.39 is 0 Å². The van der Waals surface area contributed by atoms with Gasteiger partial charge in [-0.15, -0.1) is 10.2 Å². The molecule has 2 aromatic carbocycles. The van der Waals surface area contributed by atoms with Gasteiger partial charge < -0.3 is 9.80 Å². The van der Waals surface area contributed by atoms with Crippen LogP contribution < -0.4 is 4.90 Å². The van der Waals surface area contributed by atoms with Gasteiger partial charge in [-0.2, -0.15) is 0 Å². The Morgan fingerprint density at radius 1 is 0.935 bits per heavy atom. The molecule has 4 aromatic rings. The molecule has 158 valence electrons. The molecule has 0 saturated carbocycles. The maximum atomic E-state index is 13.0. The third-order valence-electron chi connectivity index (χ3n) is 5.60. The molecule has 9 heteroatoms. The van der Waals surface area contributed by atoms with E-state index in [-0.39, 0.29) is 5.91 Å². The number of fused-ring (bicyclic) bond motifs is 3. The highest BCUT2D eigenvalue weighted by molar-refractivity contribution is 6.31. The lowest BCUT2D eigenvalue weighted by Crippen LogP contribution is -2.36. The SMILES string of the molecule is Cc1nnc2c3ccc(Cl)cc3nc(N3CCCN(C(=O)c4ccc(Cl)cc4)CC3)n12. The maximum Gasteiger partial charge on any atom is 0.253 e. The fraction of sp³-hybridized carbons (Fsp3) is 0.273. The summed E-state index contributed by atoms with van der Waals surface area (Å²) in [5, 5.41) is 10.8. The summed E-state index contributed by atoms with van der Waals surface area (Å²) < 4.78 is 1.98. The van der Waals surface area contributed by atoms with E-state index in [2.05, 4.69) is 15.1 Å². The number of aryl methyl sites for hydroxylation is 1. The van der Waals surface area contributed by atoms with Crippen molar-refractivity contribution in [2.24, 2.45) is 0 Å². The second-order valence-corrected chi connectivity index (χ2v) is 8.49. The lowest BCUT2D eigenvalue weighted by Gasteiger charge is -2.24. The van der Waals surface area contributed by atoms with Gasteiger partial charge in [-0.25, -0.2) is 9.38 Å². The number of carbonyl (C=O) groups excluding carboxylic acids is 1. The average Bonchev–Trinajstić information content (AvgIpc) is 2.99. The van der Waals surface area contributed by atoms with Gasteiger partial charge in [0.1, 0.15) is 5.82 Å². The van der Waals surface area contributed by atoms with Crippen LogP contribution in [-0.2, 0) is 0 Å². The van der Waals surface area contributed by atoms with E-state index >= 15 is 0 Å². The van der Waals surface area contributed by atoms with Crippen LogP contribution in [0.4, 0.5) is 5.95 Å². The number of aromatic nitrogens is 4. The zero-order valence-electron chi connectivity index (χ0n) is 16.9. The second-order valence-electron chi connectivity index (χ2n) is 7.62. The van der Waals surface area contributed by atoms with Crippen molar-refractivity contribution in [1.82, 2.24) is 24.5 Å². The van der Waals surface area contributed by atoms with Crippen LogP contribution in [-0.4, -0.2) is 56.6 Å². The zero-order chi connectivity index (χ0) is 21.5. The number of halogens is 2. The molecular weight excluding hydrogens is 435 g/mol. The van der Waals surface area contributed by atoms with E-state index in [1.54, 1.807) is 24.3 Å². The van der Waals surface area contributed by atoms with Crippen molar-refractivity contribution in [3.8, 4) is 0 Å². The zero-order valence-corrected chi connectivity index (χ0v) is 18.4. The molecule has 7 nitrogen and oxygen atoms in total. The summed E-state index contributed by atoms with van der Waals surface area (Å²) >= 11 is 12.2. The van der Waals surface area contributed by atoms with Crippen LogP contribution in [0.15, 0.2) is 42.5 Å². The monoisotopic (exact) mass is 454 g/mol. The molecule has 1 fully saturated rings. The highest BCUT2D eigenvalue weighted by Gasteiger charge is 2.24. The van der Waals surface area contributed by atoms with E-state index in [1.165, 1.54) is 0 Å². The van der Waals surface area contributed by atoms with Gasteiger partial charge in [0.25, 0.3) is 5.91 Å². The molecule has 0 radical (unpaired) electrons. The third-order valence-corrected chi connectivity index (χ3v) is 6.09. The highest BCUT2D eigenvalue weighted by Crippen LogP contribution is 2.27. The first-order valence-corrected chi connectivity index (χ1v) is 10.9. The smallest absolute Gasteiger partial charge is 0.253 e. The highest BCUT2D eigenvalue weighted by atomic mass is 35.5. The molecule has 0 bridgehead atoms. The fourth-order valence-corrected chi connectivity index (χ4v) is 4.32. The summed E-state index contributed by atoms with van der Waals surface area (Å²) in [6.07, 6.45) is 0.831. The van der Waals surface area contributed by atoms with Crippen molar-refractivity contribution in [2.45, 2.75) is 13.3 Å². The van der Waals surface area contributed by atoms with Crippen LogP contribution in [0.1, 0.15) is 22.6 Å². The van der Waals surface area contributed by atoms with Crippen molar-refractivity contribution in [3.05, 3.63) is 63.9 Å². The summed E-state index contributed by atoms with van der Waals surface area (Å²) in [7, 11) is 0. The molecule has 1 aliphatic rings. The average molecular weight is 455 g/mol. The molecule has 0 atom stereocenters. The van der Waals surface area contributed by atoms with E-state index in [0.717, 1.165) is 41.3 Å². The molecule has 1 amide bonds. The number of nitrogens with zero attached hydrogens (tertiary/aromatic N) is 6. The number of hydrogen-bond donors (Lipinski definition) is 0. The van der Waals surface area contributed by atoms with Gasteiger partial charge in [-0.1, -0.05) is 23.2 Å². The Balaban J connectivity index is 1.47. The summed E-state index contributed by atoms with van der Waals surface area (Å²) in [6, 6.07) is 12.6. The number of anilines is 1. The second kappa shape index (κ2) is 7.98. The van der Waals surface area contributed by atoms with Crippen LogP contribution in [0, 0.1) is 6.92 Å². The van der Waals surface area contributed by atoms with Crippen molar-refractivity contribution >= 4 is 51.6 Å². The predicted molar refractivity (Wildman–Crippen MR) is 122 cm³/mol. The fourth-order valence-electron chi connectivity index (χ4n) is 4.03. The molecular formula is C22H20Cl2N6O. The first-order valence-electron chi connectivity index (χ1n) is 10.1. The number of rotatable bonds is 2. The van der Waals surface area contributed by atoms with E-state index in [0.29, 0.717) is 35.2 Å². The molecule has 0 unspecified atom stereocenters. The predicted octanol–water partition coefficient (Wildman–Crippen LogP) is 4.25. The van der Waals surface area contributed by atoms with E-state index in [1.807, 2.05) is 34.4 Å². The van der Waals surface area contributed by atoms with Gasteiger partial charge >= 0.3 is 0 Å². The minimum Gasteiger partial charge on any atom is -0.340 e. The summed E-state index contributed by atoms with van der Waals surface area (Å²) in [4.78, 5) is 21.9. The van der Waals surface area contributed by atoms with Crippen LogP contribution >= 0.6 is 23.2 Å². The van der Waals surface area contributed by atoms with Gasteiger partial charge in [0.05, 0.1) is 5.52 Å². The third kappa shape index (κ3) is 3.68. The summed E-state index contributed by atoms with van der Waals surface area (Å²) in [5.41, 5.74) is 2.18. The molecule has 31 heavy (non-hydrogen) atoms. The molecule has 0 aliphatic carbocycles. The van der Waals surface area contributed by atoms with Crippen molar-refractivity contribution in [1.29, 1.82) is 0 Å². The summed E-state index contributed by atoms with van der Waals surface area (Å²) in [5.74, 6) is 1.56. The number of amides is 1. The quantitative estimate of drug-likeness (QED) is 0.452. The largest absolute Gasteiger partial charge is 0.340 e. The molecule has 0 spiro atoms. The first-order chi connectivity index (χ1) is 15.0. The van der Waals surface area contributed by atoms with E-state index in [9.17, 15) is 4.79 Å². The number of hydrogen-bond acceptors (Lipinski definition) is 5. The van der Waals surface area contributed by atoms with Gasteiger partial charge in [0.2, 0.25) is 5.95 Å². The van der Waals surface area contributed by atoms with Crippen molar-refractivity contribution in [3.63, 3.8) is 0 Å². The molecule has 0 N–H and O–H groups in total. The summed E-state index contributed by atoms with van der Waals surface area (Å²) in [6.45, 7) is 4.63. The lowest BCUT2D eigenvalue weighted by molar-refractivity contribution is 0.0767. The van der Waals surface area contributed by atoms with Crippen LogP contribution in [0.5, 0.6) is 0 Å². The van der Waals surface area contributed by atoms with E-state index in [4.69, 9.17) is 28.2 Å². The molecule has 2 aromatic heterocycles. The Morgan fingerprint density at radius 2 is 1.71 bits per heavy atom. The topological polar surface area (TPSA) is 66.6 Å². The Hall–Kier alpha value is -2.90. The Morgan fingerprint density at radius 3 is 2.52 bits per heavy atom. The molecule has 5 rings (SSSR count). The van der Waals surface area contributed by atoms with Gasteiger partial charge in [-0.05, 0) is 55.8 Å². The minimum absolute atomic E-state index is 0.0161. The Bertz CT molecular complexity index is 1290. The lowest BCUT2D eigenvalue weighted by atomic mass is 10.2. The normalized spacial score (nSPS) is 14.9. The van der Waals surface area contributed by atoms with Crippen molar-refractivity contribution in [2.75, 3.05) is 31.1 Å². The minimum atomic E-state index is 0.0161.